The summed E-state index contributed by atoms with van der Waals surface area (Å²) >= 11 is 0. The predicted molar refractivity (Wildman–Crippen MR) is 85.2 cm³/mol. The van der Waals surface area contributed by atoms with E-state index in [1.807, 2.05) is 33.8 Å². The Kier molecular flexibility index (Phi) is 16.1. The third kappa shape index (κ3) is 10.6. The second-order valence-electron chi connectivity index (χ2n) is 3.82. The predicted octanol–water partition coefficient (Wildman–Crippen LogP) is 5.16. The number of aryl methyl sites for hydroxylation is 2. The number of hydrogen-bond acceptors (Lipinski definition) is 2. The van der Waals surface area contributed by atoms with E-state index < -0.39 is 0 Å². The first kappa shape index (κ1) is 20.3. The van der Waals surface area contributed by atoms with Gasteiger partial charge in [-0.15, -0.1) is 0 Å². The van der Waals surface area contributed by atoms with E-state index in [9.17, 15) is 0 Å². The van der Waals surface area contributed by atoms with E-state index >= 15 is 0 Å². The lowest BCUT2D eigenvalue weighted by Crippen LogP contribution is -2.00. The second-order valence-corrected chi connectivity index (χ2v) is 3.82. The molecule has 0 saturated carbocycles. The highest BCUT2D eigenvalue weighted by molar-refractivity contribution is 5.35. The maximum atomic E-state index is 5.68. The van der Waals surface area contributed by atoms with Crippen molar-refractivity contribution in [2.24, 2.45) is 0 Å². The van der Waals surface area contributed by atoms with E-state index in [4.69, 9.17) is 9.47 Å². The molecule has 0 atom stereocenters. The average Bonchev–Trinajstić information content (AvgIpc) is 2.45. The molecule has 0 fully saturated rings. The van der Waals surface area contributed by atoms with Crippen molar-refractivity contribution in [3.05, 3.63) is 29.3 Å². The Hall–Kier alpha value is -1.02. The third-order valence-electron chi connectivity index (χ3n) is 2.33. The number of benzene rings is 1. The van der Waals surface area contributed by atoms with Gasteiger partial charge in [0, 0.05) is 13.7 Å². The van der Waals surface area contributed by atoms with Crippen LogP contribution in [0.5, 0.6) is 5.75 Å². The Bertz CT molecular complexity index is 295. The van der Waals surface area contributed by atoms with Gasteiger partial charge in [-0.1, -0.05) is 45.4 Å². The molecule has 0 aliphatic rings. The van der Waals surface area contributed by atoms with Gasteiger partial charge in [0.25, 0.3) is 0 Å². The highest BCUT2D eigenvalue weighted by atomic mass is 16.5. The molecule has 112 valence electrons. The van der Waals surface area contributed by atoms with Gasteiger partial charge in [0.2, 0.25) is 0 Å². The van der Waals surface area contributed by atoms with E-state index in [-0.39, 0.29) is 0 Å². The Labute approximate surface area is 120 Å². The van der Waals surface area contributed by atoms with E-state index in [1.54, 1.807) is 7.11 Å². The van der Waals surface area contributed by atoms with Crippen LogP contribution in [0.3, 0.4) is 0 Å². The molecule has 1 aromatic carbocycles. The molecule has 1 aromatic rings. The molecule has 0 radical (unpaired) electrons. The molecule has 1 rings (SSSR count). The third-order valence-corrected chi connectivity index (χ3v) is 2.33. The van der Waals surface area contributed by atoms with Gasteiger partial charge in [-0.25, -0.2) is 0 Å². The van der Waals surface area contributed by atoms with Crippen molar-refractivity contribution in [3.63, 3.8) is 0 Å². The standard InChI is InChI=1S/C13H20O2.2C2H6/c1-11-6-7-13(12(2)10-11)15-9-5-4-8-14-3;2*1-2/h6-7,10H,4-5,8-9H2,1-3H3;2*1-2H3. The SMILES string of the molecule is CC.CC.COCCCCOc1ccc(C)cc1C. The molecule has 0 bridgehead atoms. The minimum atomic E-state index is 0.771. The maximum absolute atomic E-state index is 5.68. The van der Waals surface area contributed by atoms with Crippen LogP contribution >= 0.6 is 0 Å². The lowest BCUT2D eigenvalue weighted by Gasteiger charge is -2.09. The van der Waals surface area contributed by atoms with Crippen LogP contribution in [0.25, 0.3) is 0 Å². The number of methoxy groups -OCH3 is 1. The molecule has 19 heavy (non-hydrogen) atoms. The highest BCUT2D eigenvalue weighted by Gasteiger charge is 1.98. The van der Waals surface area contributed by atoms with Crippen LogP contribution in [0.15, 0.2) is 18.2 Å². The molecule has 0 aliphatic heterocycles. The van der Waals surface area contributed by atoms with Crippen molar-refractivity contribution >= 4 is 0 Å². The molecule has 0 unspecified atom stereocenters. The van der Waals surface area contributed by atoms with Gasteiger partial charge in [-0.3, -0.25) is 0 Å². The van der Waals surface area contributed by atoms with Gasteiger partial charge in [0.1, 0.15) is 5.75 Å². The highest BCUT2D eigenvalue weighted by Crippen LogP contribution is 2.18. The fourth-order valence-corrected chi connectivity index (χ4v) is 1.49. The largest absolute Gasteiger partial charge is 0.493 e. The van der Waals surface area contributed by atoms with Crippen LogP contribution in [0.4, 0.5) is 0 Å². The zero-order chi connectivity index (χ0) is 15.1. The van der Waals surface area contributed by atoms with Crippen LogP contribution < -0.4 is 4.74 Å². The molecule has 0 amide bonds. The van der Waals surface area contributed by atoms with E-state index in [1.165, 1.54) is 11.1 Å². The normalized spacial score (nSPS) is 8.79. The lowest BCUT2D eigenvalue weighted by atomic mass is 10.1. The van der Waals surface area contributed by atoms with E-state index in [2.05, 4.69) is 26.0 Å². The second kappa shape index (κ2) is 15.0. The van der Waals surface area contributed by atoms with Gasteiger partial charge in [0.15, 0.2) is 0 Å². The van der Waals surface area contributed by atoms with Gasteiger partial charge >= 0.3 is 0 Å². The molecule has 0 aliphatic carbocycles. The average molecular weight is 268 g/mol. The molecule has 0 aromatic heterocycles. The molecule has 0 spiro atoms. The zero-order valence-electron chi connectivity index (χ0n) is 13.9. The summed E-state index contributed by atoms with van der Waals surface area (Å²) in [7, 11) is 1.73. The van der Waals surface area contributed by atoms with Gasteiger partial charge < -0.3 is 9.47 Å². The molecular formula is C17H32O2. The maximum Gasteiger partial charge on any atom is 0.122 e. The van der Waals surface area contributed by atoms with Crippen LogP contribution in [-0.4, -0.2) is 20.3 Å². The smallest absolute Gasteiger partial charge is 0.122 e. The van der Waals surface area contributed by atoms with Crippen molar-refractivity contribution in [1.29, 1.82) is 0 Å². The van der Waals surface area contributed by atoms with Crippen molar-refractivity contribution < 1.29 is 9.47 Å². The monoisotopic (exact) mass is 268 g/mol. The number of hydrogen-bond donors (Lipinski definition) is 0. The summed E-state index contributed by atoms with van der Waals surface area (Å²) in [6.07, 6.45) is 2.10. The minimum Gasteiger partial charge on any atom is -0.493 e. The fraction of sp³-hybridized carbons (Fsp3) is 0.647. The van der Waals surface area contributed by atoms with Gasteiger partial charge in [-0.05, 0) is 38.3 Å². The molecule has 0 saturated heterocycles. The molecule has 2 heteroatoms. The van der Waals surface area contributed by atoms with Crippen LogP contribution in [0.2, 0.25) is 0 Å². The molecule has 2 nitrogen and oxygen atoms in total. The van der Waals surface area contributed by atoms with Crippen LogP contribution in [0.1, 0.15) is 51.7 Å². The van der Waals surface area contributed by atoms with Crippen molar-refractivity contribution in [1.82, 2.24) is 0 Å². The van der Waals surface area contributed by atoms with Crippen molar-refractivity contribution in [2.45, 2.75) is 54.4 Å². The minimum absolute atomic E-state index is 0.771. The summed E-state index contributed by atoms with van der Waals surface area (Å²) in [5.41, 5.74) is 2.49. The van der Waals surface area contributed by atoms with Gasteiger partial charge in [-0.2, -0.15) is 0 Å². The molecule has 0 heterocycles. The topological polar surface area (TPSA) is 18.5 Å². The summed E-state index contributed by atoms with van der Waals surface area (Å²) in [6, 6.07) is 6.27. The van der Waals surface area contributed by atoms with Crippen LogP contribution in [-0.2, 0) is 4.74 Å². The summed E-state index contributed by atoms with van der Waals surface area (Å²) in [5, 5.41) is 0. The Balaban J connectivity index is 0. The number of ether oxygens (including phenoxy) is 2. The quantitative estimate of drug-likeness (QED) is 0.663. The molecular weight excluding hydrogens is 236 g/mol. The first-order valence-electron chi connectivity index (χ1n) is 7.43. The Morgan fingerprint density at radius 2 is 1.47 bits per heavy atom. The van der Waals surface area contributed by atoms with E-state index in [0.717, 1.165) is 31.8 Å². The summed E-state index contributed by atoms with van der Waals surface area (Å²) in [4.78, 5) is 0. The number of rotatable bonds is 6. The Morgan fingerprint density at radius 3 is 2.00 bits per heavy atom. The molecule has 0 N–H and O–H groups in total. The van der Waals surface area contributed by atoms with Crippen molar-refractivity contribution in [2.75, 3.05) is 20.3 Å². The lowest BCUT2D eigenvalue weighted by molar-refractivity contribution is 0.184. The first-order chi connectivity index (χ1) is 9.24. The summed E-state index contributed by atoms with van der Waals surface area (Å²) in [5.74, 6) is 0.998. The first-order valence-corrected chi connectivity index (χ1v) is 7.43. The Morgan fingerprint density at radius 1 is 0.895 bits per heavy atom. The van der Waals surface area contributed by atoms with E-state index in [0.29, 0.717) is 0 Å². The van der Waals surface area contributed by atoms with Crippen LogP contribution in [0, 0.1) is 13.8 Å². The van der Waals surface area contributed by atoms with Crippen molar-refractivity contribution in [3.8, 4) is 5.75 Å². The van der Waals surface area contributed by atoms with Gasteiger partial charge in [0.05, 0.1) is 6.61 Å². The fourth-order valence-electron chi connectivity index (χ4n) is 1.49. The number of unbranched alkanes of at least 4 members (excludes halogenated alkanes) is 1. The summed E-state index contributed by atoms with van der Waals surface area (Å²) in [6.45, 7) is 13.8. The summed E-state index contributed by atoms with van der Waals surface area (Å²) < 4.78 is 10.7. The zero-order valence-corrected chi connectivity index (χ0v) is 13.9.